The Morgan fingerprint density at radius 3 is 1.43 bits per heavy atom. The lowest BCUT2D eigenvalue weighted by Gasteiger charge is -2.17. The molecule has 0 radical (unpaired) electrons. The van der Waals surface area contributed by atoms with Gasteiger partial charge in [0.15, 0.2) is 0 Å². The quantitative estimate of drug-likeness (QED) is 0.0755. The number of hydrogen-bond acceptors (Lipinski definition) is 18. The van der Waals surface area contributed by atoms with Crippen molar-refractivity contribution in [2.45, 2.75) is 24.2 Å². The summed E-state index contributed by atoms with van der Waals surface area (Å²) in [7, 11) is 6.12. The molecule has 250 valence electrons. The van der Waals surface area contributed by atoms with Gasteiger partial charge in [-0.25, -0.2) is 9.59 Å². The highest BCUT2D eigenvalue weighted by Crippen LogP contribution is 2.26. The zero-order valence-corrected chi connectivity index (χ0v) is 29.5. The molecule has 0 aliphatic carbocycles. The second-order valence-corrected chi connectivity index (χ2v) is 14.3. The summed E-state index contributed by atoms with van der Waals surface area (Å²) in [5.41, 5.74) is 12.0. The van der Waals surface area contributed by atoms with Crippen LogP contribution in [-0.4, -0.2) is 105 Å². The molecular weight excluding hydrogens is 717 g/mol. The fourth-order valence-electron chi connectivity index (χ4n) is 3.12. The first-order valence-electron chi connectivity index (χ1n) is 13.0. The van der Waals surface area contributed by atoms with E-state index in [1.807, 2.05) is 0 Å². The van der Waals surface area contributed by atoms with Crippen LogP contribution < -0.4 is 22.1 Å². The zero-order chi connectivity index (χ0) is 34.2. The van der Waals surface area contributed by atoms with Gasteiger partial charge in [0, 0.05) is 46.5 Å². The average molecular weight is 749 g/mol. The first-order valence-corrected chi connectivity index (χ1v) is 18.9. The van der Waals surface area contributed by atoms with Crippen molar-refractivity contribution in [3.8, 4) is 11.4 Å². The Morgan fingerprint density at radius 1 is 0.739 bits per heavy atom. The van der Waals surface area contributed by atoms with Crippen LogP contribution in [0.4, 0.5) is 0 Å². The van der Waals surface area contributed by atoms with Gasteiger partial charge in [-0.05, 0) is 45.9 Å². The minimum Gasteiger partial charge on any atom is -0.467 e. The van der Waals surface area contributed by atoms with Crippen LogP contribution in [0.2, 0.25) is 0 Å². The number of rotatable bonds is 17. The molecule has 14 nitrogen and oxygen atoms in total. The minimum atomic E-state index is -1.08. The summed E-state index contributed by atoms with van der Waals surface area (Å²) in [6.45, 7) is 0. The maximum Gasteiger partial charge on any atom is 0.329 e. The van der Waals surface area contributed by atoms with Crippen LogP contribution in [-0.2, 0) is 28.7 Å². The van der Waals surface area contributed by atoms with Gasteiger partial charge in [0.1, 0.15) is 12.1 Å². The molecule has 2 heterocycles. The third kappa shape index (κ3) is 12.6. The van der Waals surface area contributed by atoms with Gasteiger partial charge in [0.2, 0.25) is 10.2 Å². The molecule has 2 rings (SSSR count). The fraction of sp³-hybridized carbons (Fsp3) is 0.385. The highest BCUT2D eigenvalue weighted by Gasteiger charge is 2.26. The molecule has 2 aromatic rings. The molecule has 0 aromatic carbocycles. The number of methoxy groups -OCH3 is 2. The normalized spacial score (nSPS) is 13.4. The summed E-state index contributed by atoms with van der Waals surface area (Å²) in [5, 5.41) is 4.52. The highest BCUT2D eigenvalue weighted by molar-refractivity contribution is 8.82. The van der Waals surface area contributed by atoms with E-state index in [2.05, 4.69) is 45.9 Å². The number of thiol groups is 2. The number of aromatic nitrogens is 2. The second-order valence-electron chi connectivity index (χ2n) is 8.91. The summed E-state index contributed by atoms with van der Waals surface area (Å²) in [5.74, 6) is -2.29. The lowest BCUT2D eigenvalue weighted by molar-refractivity contribution is -0.143. The van der Waals surface area contributed by atoms with Crippen LogP contribution in [0.1, 0.15) is 20.7 Å². The van der Waals surface area contributed by atoms with Gasteiger partial charge < -0.3 is 31.6 Å². The number of carbonyl (C=O) groups excluding carboxylic acids is 6. The number of nitrogens with two attached hydrogens (primary N) is 2. The Bertz CT molecular complexity index is 1300. The highest BCUT2D eigenvalue weighted by atomic mass is 33.1. The van der Waals surface area contributed by atoms with Crippen molar-refractivity contribution in [3.05, 3.63) is 47.8 Å². The molecule has 0 aliphatic heterocycles. The van der Waals surface area contributed by atoms with E-state index >= 15 is 0 Å². The molecule has 2 aromatic heterocycles. The average Bonchev–Trinajstić information content (AvgIpc) is 3.08. The summed E-state index contributed by atoms with van der Waals surface area (Å²) < 4.78 is 9.57. The Morgan fingerprint density at radius 2 is 1.11 bits per heavy atom. The maximum absolute atomic E-state index is 13.1. The van der Waals surface area contributed by atoms with Crippen LogP contribution in [0.5, 0.6) is 0 Å². The third-order valence-electron chi connectivity index (χ3n) is 5.64. The summed E-state index contributed by atoms with van der Waals surface area (Å²) in [6.07, 6.45) is 2.72. The minimum absolute atomic E-state index is 0.0219. The number of esters is 2. The Labute approximate surface area is 291 Å². The molecule has 2 unspecified atom stereocenters. The maximum atomic E-state index is 13.1. The van der Waals surface area contributed by atoms with E-state index in [9.17, 15) is 28.8 Å². The molecule has 6 N–H and O–H groups in total. The number of carbonyl (C=O) groups is 6. The predicted molar refractivity (Wildman–Crippen MR) is 188 cm³/mol. The lowest BCUT2D eigenvalue weighted by Crippen LogP contribution is -2.43. The van der Waals surface area contributed by atoms with Crippen molar-refractivity contribution in [3.63, 3.8) is 0 Å². The lowest BCUT2D eigenvalue weighted by atomic mass is 10.1. The molecule has 0 bridgehead atoms. The van der Waals surface area contributed by atoms with Gasteiger partial charge >= 0.3 is 11.9 Å². The van der Waals surface area contributed by atoms with E-state index in [1.54, 1.807) is 0 Å². The third-order valence-corrected chi connectivity index (χ3v) is 11.0. The number of amides is 2. The van der Waals surface area contributed by atoms with Crippen molar-refractivity contribution in [2.24, 2.45) is 11.5 Å². The van der Waals surface area contributed by atoms with Gasteiger partial charge in [-0.1, -0.05) is 21.6 Å². The van der Waals surface area contributed by atoms with Crippen LogP contribution in [0, 0.1) is 0 Å². The second kappa shape index (κ2) is 20.7. The first kappa shape index (κ1) is 39.7. The van der Waals surface area contributed by atoms with Crippen LogP contribution >= 0.6 is 68.4 Å². The van der Waals surface area contributed by atoms with Gasteiger partial charge in [-0.15, -0.1) is 0 Å². The molecule has 20 heteroatoms. The van der Waals surface area contributed by atoms with Gasteiger partial charge in [0.05, 0.1) is 37.7 Å². The topological polar surface area (TPSA) is 223 Å². The van der Waals surface area contributed by atoms with Crippen molar-refractivity contribution in [1.29, 1.82) is 0 Å². The monoisotopic (exact) mass is 748 g/mol. The molecule has 0 saturated carbocycles. The molecule has 46 heavy (non-hydrogen) atoms. The number of hydrogen-bond donors (Lipinski definition) is 6. The number of nitrogens with zero attached hydrogens (tertiary/aromatic N) is 2. The molecule has 0 saturated heterocycles. The van der Waals surface area contributed by atoms with Gasteiger partial charge in [0.25, 0.3) is 11.8 Å². The van der Waals surface area contributed by atoms with E-state index in [0.29, 0.717) is 0 Å². The van der Waals surface area contributed by atoms with Crippen LogP contribution in [0.25, 0.3) is 11.4 Å². The molecule has 0 fully saturated rings. The fourth-order valence-corrected chi connectivity index (χ4v) is 7.86. The molecule has 0 aliphatic rings. The summed E-state index contributed by atoms with van der Waals surface area (Å²) in [6, 6.07) is 2.00. The van der Waals surface area contributed by atoms with E-state index in [1.165, 1.54) is 50.9 Å². The standard InChI is InChI=1S/C26H32N6O8S6/c1-39-23(35)19(11-43-45-25(37)15(27)9-41)31-21(33)13-3-5-29-17(7-13)18-8-14(4-6-30-18)22(34)32-20(24(36)40-2)12-44-46-26(38)16(28)10-42/h3-8,15-16,19-20,41-42H,9-12,27-28H2,1-2H3,(H,31,33)(H,32,34)/t15-,16-,19?,20?/m0/s1. The molecular formula is C26H32N6O8S6. The van der Waals surface area contributed by atoms with Gasteiger partial charge in [-0.2, -0.15) is 25.3 Å². The van der Waals surface area contributed by atoms with Crippen LogP contribution in [0.3, 0.4) is 0 Å². The van der Waals surface area contributed by atoms with Gasteiger partial charge in [-0.3, -0.25) is 29.1 Å². The predicted octanol–water partition coefficient (Wildman–Crippen LogP) is 1.02. The largest absolute Gasteiger partial charge is 0.467 e. The SMILES string of the molecule is COC(=O)C(CSSC(=O)[C@@H](N)CS)NC(=O)c1ccnc(-c2cc(C(=O)NC(CSSC(=O)[C@@H](N)CS)C(=O)OC)ccn2)c1. The molecule has 0 spiro atoms. The number of pyridine rings is 2. The van der Waals surface area contributed by atoms with E-state index in [4.69, 9.17) is 20.9 Å². The zero-order valence-electron chi connectivity index (χ0n) is 24.4. The van der Waals surface area contributed by atoms with Crippen molar-refractivity contribution in [2.75, 3.05) is 37.2 Å². The van der Waals surface area contributed by atoms with Crippen molar-refractivity contribution in [1.82, 2.24) is 20.6 Å². The Kier molecular flexibility index (Phi) is 17.9. The summed E-state index contributed by atoms with van der Waals surface area (Å²) in [4.78, 5) is 83.1. The van der Waals surface area contributed by atoms with E-state index in [-0.39, 0.29) is 55.8 Å². The Balaban J connectivity index is 2.14. The molecule has 4 atom stereocenters. The van der Waals surface area contributed by atoms with Crippen LogP contribution in [0.15, 0.2) is 36.7 Å². The first-order chi connectivity index (χ1) is 21.9. The molecule has 2 amide bonds. The number of ether oxygens (including phenoxy) is 2. The smallest absolute Gasteiger partial charge is 0.329 e. The number of nitrogens with one attached hydrogen (secondary N) is 2. The van der Waals surface area contributed by atoms with Crippen molar-refractivity contribution >= 4 is 102 Å². The Hall–Kier alpha value is -2.46. The summed E-state index contributed by atoms with van der Waals surface area (Å²) >= 11 is 7.98. The van der Waals surface area contributed by atoms with E-state index < -0.39 is 47.9 Å². The van der Waals surface area contributed by atoms with E-state index in [0.717, 1.165) is 43.2 Å². The van der Waals surface area contributed by atoms with Crippen molar-refractivity contribution < 1.29 is 38.2 Å².